The summed E-state index contributed by atoms with van der Waals surface area (Å²) in [5.74, 6) is 1.42. The van der Waals surface area contributed by atoms with E-state index in [4.69, 9.17) is 55.9 Å². The minimum atomic E-state index is -0.405. The number of benzene rings is 4. The SMILES string of the molecule is COc1cc(-c2nccc(-c3cccc(NC(=O)c4nc5c(n4C)CCN(C(=O)[C@@H]4CCCN4)C5)c3Cl)c2Cl)ccc1CNC[C@@H]1CCC(=O)N1.COc1cc(-c2nccc(-c3cccc(NC(=O)c4nc5c(n4C)CCN(C(=O)[C@@H]4CCCN4)C5)c3Cl)c2Cl)ccc1CNC[C@@H]1CCC(=O)N1. The molecular formula is C74H80Cl4N16O8. The van der Waals surface area contributed by atoms with Crippen LogP contribution in [0.25, 0.3) is 44.8 Å². The minimum Gasteiger partial charge on any atom is -0.496 e. The third kappa shape index (κ3) is 15.4. The first-order valence-electron chi connectivity index (χ1n) is 34.4. The summed E-state index contributed by atoms with van der Waals surface area (Å²) in [4.78, 5) is 98.4. The summed E-state index contributed by atoms with van der Waals surface area (Å²) in [5, 5.41) is 26.6. The number of halogens is 4. The Hall–Kier alpha value is -8.98. The Morgan fingerprint density at radius 3 is 1.34 bits per heavy atom. The van der Waals surface area contributed by atoms with Gasteiger partial charge in [0.15, 0.2) is 11.6 Å². The fourth-order valence-corrected chi connectivity index (χ4v) is 15.5. The molecule has 0 bridgehead atoms. The number of nitrogens with one attached hydrogen (secondary N) is 8. The van der Waals surface area contributed by atoms with E-state index in [1.54, 1.807) is 72.1 Å². The van der Waals surface area contributed by atoms with Crippen LogP contribution in [-0.4, -0.2) is 152 Å². The summed E-state index contributed by atoms with van der Waals surface area (Å²) < 4.78 is 15.0. The molecule has 4 aromatic heterocycles. The van der Waals surface area contributed by atoms with Crippen molar-refractivity contribution in [1.29, 1.82) is 0 Å². The van der Waals surface area contributed by atoms with E-state index >= 15 is 0 Å². The van der Waals surface area contributed by atoms with Gasteiger partial charge in [-0.05, 0) is 88.0 Å². The van der Waals surface area contributed by atoms with E-state index in [1.807, 2.05) is 72.4 Å². The first kappa shape index (κ1) is 71.4. The Bertz CT molecular complexity index is 4270. The van der Waals surface area contributed by atoms with Crippen molar-refractivity contribution in [3.63, 3.8) is 0 Å². The number of imidazole rings is 2. The average molecular weight is 1460 g/mol. The third-order valence-corrected chi connectivity index (χ3v) is 21.4. The number of hydrogen-bond donors (Lipinski definition) is 8. The topological polar surface area (TPSA) is 285 Å². The van der Waals surface area contributed by atoms with Crippen molar-refractivity contribution in [2.24, 2.45) is 14.1 Å². The van der Waals surface area contributed by atoms with E-state index in [9.17, 15) is 28.8 Å². The molecule has 4 fully saturated rings. The average Bonchev–Trinajstić information content (AvgIpc) is 1.47. The Morgan fingerprint density at radius 2 is 0.961 bits per heavy atom. The second-order valence-corrected chi connectivity index (χ2v) is 27.8. The van der Waals surface area contributed by atoms with Gasteiger partial charge in [-0.15, -0.1) is 0 Å². The van der Waals surface area contributed by atoms with E-state index in [0.717, 1.165) is 96.6 Å². The lowest BCUT2D eigenvalue weighted by molar-refractivity contribution is -0.134. The number of hydrogen-bond acceptors (Lipinski definition) is 16. The van der Waals surface area contributed by atoms with E-state index in [2.05, 4.69) is 62.5 Å². The van der Waals surface area contributed by atoms with Crippen LogP contribution in [0, 0.1) is 0 Å². The van der Waals surface area contributed by atoms with Crippen molar-refractivity contribution in [3.05, 3.63) is 163 Å². The number of methoxy groups -OCH3 is 2. The van der Waals surface area contributed by atoms with Crippen molar-refractivity contribution >= 4 is 93.2 Å². The highest BCUT2D eigenvalue weighted by Gasteiger charge is 2.35. The van der Waals surface area contributed by atoms with Crippen molar-refractivity contribution in [1.82, 2.24) is 70.8 Å². The smallest absolute Gasteiger partial charge is 0.291 e. The number of nitrogens with zero attached hydrogens (tertiary/aromatic N) is 8. The molecule has 28 heteroatoms. The first-order chi connectivity index (χ1) is 49.4. The molecule has 8 N–H and O–H groups in total. The molecule has 6 aliphatic heterocycles. The first-order valence-corrected chi connectivity index (χ1v) is 35.9. The van der Waals surface area contributed by atoms with Crippen LogP contribution in [0.4, 0.5) is 11.4 Å². The molecule has 8 aromatic rings. The molecule has 6 aliphatic rings. The Balaban J connectivity index is 0.000000182. The molecule has 24 nitrogen and oxygen atoms in total. The van der Waals surface area contributed by atoms with E-state index in [0.29, 0.717) is 155 Å². The highest BCUT2D eigenvalue weighted by atomic mass is 35.5. The number of amides is 6. The molecule has 6 amide bonds. The van der Waals surface area contributed by atoms with E-state index in [-0.39, 0.29) is 59.4 Å². The van der Waals surface area contributed by atoms with Gasteiger partial charge in [0.1, 0.15) is 11.5 Å². The second kappa shape index (κ2) is 31.7. The quantitative estimate of drug-likeness (QED) is 0.0353. The van der Waals surface area contributed by atoms with Crippen LogP contribution in [0.15, 0.2) is 97.3 Å². The molecule has 10 heterocycles. The third-order valence-electron chi connectivity index (χ3n) is 19.8. The summed E-state index contributed by atoms with van der Waals surface area (Å²) in [7, 11) is 6.88. The summed E-state index contributed by atoms with van der Waals surface area (Å²) in [6.45, 7) is 6.13. The summed E-state index contributed by atoms with van der Waals surface area (Å²) in [6, 6.07) is 25.9. The molecule has 0 saturated carbocycles. The van der Waals surface area contributed by atoms with Crippen molar-refractivity contribution in [3.8, 4) is 56.3 Å². The Labute approximate surface area is 610 Å². The van der Waals surface area contributed by atoms with Crippen molar-refractivity contribution in [2.75, 3.05) is 64.1 Å². The molecule has 0 unspecified atom stereocenters. The van der Waals surface area contributed by atoms with Gasteiger partial charge in [-0.3, -0.25) is 38.7 Å². The lowest BCUT2D eigenvalue weighted by Crippen LogP contribution is -2.45. The number of fused-ring (bicyclic) bond motifs is 2. The fraction of sp³-hybridized carbons (Fsp3) is 0.378. The zero-order valence-electron chi connectivity index (χ0n) is 57.0. The number of anilines is 2. The molecule has 4 saturated heterocycles. The monoisotopic (exact) mass is 1460 g/mol. The molecule has 0 radical (unpaired) electrons. The number of carbonyl (C=O) groups is 6. The Morgan fingerprint density at radius 1 is 0.539 bits per heavy atom. The molecular weight excluding hydrogens is 1380 g/mol. The van der Waals surface area contributed by atoms with Gasteiger partial charge >= 0.3 is 0 Å². The highest BCUT2D eigenvalue weighted by Crippen LogP contribution is 2.44. The summed E-state index contributed by atoms with van der Waals surface area (Å²) >= 11 is 27.9. The number of aromatic nitrogens is 6. The molecule has 4 aromatic carbocycles. The van der Waals surface area contributed by atoms with Crippen molar-refractivity contribution in [2.45, 2.75) is 115 Å². The number of ether oxygens (including phenoxy) is 2. The summed E-state index contributed by atoms with van der Waals surface area (Å²) in [5.41, 5.74) is 11.3. The van der Waals surface area contributed by atoms with Crippen LogP contribution >= 0.6 is 46.4 Å². The van der Waals surface area contributed by atoms with Gasteiger partial charge in [-0.25, -0.2) is 9.97 Å². The molecule has 0 spiro atoms. The van der Waals surface area contributed by atoms with Gasteiger partial charge in [0, 0.05) is 159 Å². The predicted octanol–water partition coefficient (Wildman–Crippen LogP) is 9.44. The highest BCUT2D eigenvalue weighted by molar-refractivity contribution is 6.40. The number of rotatable bonds is 20. The van der Waals surface area contributed by atoms with Crippen LogP contribution in [0.3, 0.4) is 0 Å². The lowest BCUT2D eigenvalue weighted by atomic mass is 10.0. The van der Waals surface area contributed by atoms with Crippen molar-refractivity contribution < 1.29 is 38.2 Å². The van der Waals surface area contributed by atoms with Gasteiger partial charge in [-0.1, -0.05) is 94.9 Å². The molecule has 14 rings (SSSR count). The van der Waals surface area contributed by atoms with Gasteiger partial charge in [0.25, 0.3) is 11.8 Å². The summed E-state index contributed by atoms with van der Waals surface area (Å²) in [6.07, 6.45) is 11.0. The fourth-order valence-electron chi connectivity index (χ4n) is 14.3. The maximum absolute atomic E-state index is 13.6. The zero-order chi connectivity index (χ0) is 71.3. The standard InChI is InChI=1S/2C37H40Cl2N8O4/c2*1-46-29-13-16-47(37(50)27-7-4-14-41-27)20-28(29)44-35(46)36(49)45-26-6-3-5-24(32(26)38)25-12-15-42-34(33(25)39)21-8-9-22(30(17-21)51-2)18-40-19-23-10-11-31(48)43-23/h2*3,5-6,8-9,12,15,17,23,27,40-41H,4,7,10-11,13-14,16,18-20H2,1-2H3,(H,43,48)(H,45,49)/t2*23-,27-/m00/s1. The predicted molar refractivity (Wildman–Crippen MR) is 392 cm³/mol. The van der Waals surface area contributed by atoms with Crippen LogP contribution in [0.2, 0.25) is 20.1 Å². The Kier molecular flexibility index (Phi) is 22.2. The maximum atomic E-state index is 13.6. The van der Waals surface area contributed by atoms with Gasteiger partial charge in [0.2, 0.25) is 23.6 Å². The van der Waals surface area contributed by atoms with Crippen LogP contribution in [0.5, 0.6) is 11.5 Å². The molecule has 532 valence electrons. The molecule has 102 heavy (non-hydrogen) atoms. The van der Waals surface area contributed by atoms with Gasteiger partial charge < -0.3 is 70.9 Å². The number of carbonyl (C=O) groups excluding carboxylic acids is 6. The normalized spacial score (nSPS) is 18.4. The second-order valence-electron chi connectivity index (χ2n) is 26.3. The molecule has 4 atom stereocenters. The minimum absolute atomic E-state index is 0.0907. The maximum Gasteiger partial charge on any atom is 0.291 e. The lowest BCUT2D eigenvalue weighted by Gasteiger charge is -2.29. The van der Waals surface area contributed by atoms with E-state index < -0.39 is 11.8 Å². The van der Waals surface area contributed by atoms with Crippen LogP contribution in [-0.2, 0) is 72.3 Å². The van der Waals surface area contributed by atoms with E-state index in [1.165, 1.54) is 0 Å². The van der Waals surface area contributed by atoms with Gasteiger partial charge in [-0.2, -0.15) is 0 Å². The number of pyridine rings is 2. The largest absolute Gasteiger partial charge is 0.496 e. The zero-order valence-corrected chi connectivity index (χ0v) is 60.1. The van der Waals surface area contributed by atoms with Crippen LogP contribution < -0.4 is 52.0 Å². The van der Waals surface area contributed by atoms with Gasteiger partial charge in [0.05, 0.1) is 93.6 Å². The van der Waals surface area contributed by atoms with Crippen LogP contribution in [0.1, 0.15) is 107 Å². The molecule has 0 aliphatic carbocycles.